The molecule has 3 rings (SSSR count). The van der Waals surface area contributed by atoms with Crippen LogP contribution in [0.5, 0.6) is 11.6 Å². The molecule has 0 saturated heterocycles. The topological polar surface area (TPSA) is 79.3 Å². The van der Waals surface area contributed by atoms with Gasteiger partial charge in [-0.2, -0.15) is 4.98 Å². The van der Waals surface area contributed by atoms with E-state index in [1.54, 1.807) is 25.3 Å². The van der Waals surface area contributed by atoms with Crippen LogP contribution in [0.4, 0.5) is 11.6 Å². The zero-order valence-electron chi connectivity index (χ0n) is 10.5. The number of phenols is 1. The summed E-state index contributed by atoms with van der Waals surface area (Å²) in [5.41, 5.74) is 2.67. The summed E-state index contributed by atoms with van der Waals surface area (Å²) in [5, 5.41) is 15.7. The number of nitrogens with zero attached hydrogens (tertiary/aromatic N) is 2. The van der Waals surface area contributed by atoms with Crippen LogP contribution in [0.25, 0.3) is 0 Å². The third-order valence-electron chi connectivity index (χ3n) is 2.94. The second-order valence-electron chi connectivity index (χ2n) is 4.26. The smallest absolute Gasteiger partial charge is 0.230 e. The highest BCUT2D eigenvalue weighted by molar-refractivity contribution is 5.56. The number of aromatic hydroxyl groups is 1. The van der Waals surface area contributed by atoms with Gasteiger partial charge in [0.25, 0.3) is 0 Å². The van der Waals surface area contributed by atoms with E-state index in [1.165, 1.54) is 0 Å². The molecule has 6 heteroatoms. The van der Waals surface area contributed by atoms with Gasteiger partial charge in [-0.25, -0.2) is 4.98 Å². The van der Waals surface area contributed by atoms with Gasteiger partial charge in [-0.1, -0.05) is 6.07 Å². The van der Waals surface area contributed by atoms with Crippen molar-refractivity contribution in [3.63, 3.8) is 0 Å². The summed E-state index contributed by atoms with van der Waals surface area (Å²) in [5.74, 6) is 1.24. The van der Waals surface area contributed by atoms with E-state index in [2.05, 4.69) is 20.6 Å². The minimum atomic E-state index is 0.194. The highest BCUT2D eigenvalue weighted by Gasteiger charge is 2.19. The first-order valence-corrected chi connectivity index (χ1v) is 5.97. The fourth-order valence-electron chi connectivity index (χ4n) is 2.07. The molecule has 1 aliphatic heterocycles. The molecular weight excluding hydrogens is 244 g/mol. The Hall–Kier alpha value is -2.34. The minimum Gasteiger partial charge on any atom is -0.508 e. The molecule has 0 radical (unpaired) electrons. The lowest BCUT2D eigenvalue weighted by atomic mass is 10.2. The SMILES string of the molecule is COc1nc(Nc2cccc(O)c2)nc2c1CNC2. The van der Waals surface area contributed by atoms with E-state index in [0.717, 1.165) is 23.5 Å². The van der Waals surface area contributed by atoms with Gasteiger partial charge in [-0.05, 0) is 12.1 Å². The molecule has 0 atom stereocenters. The molecule has 0 saturated carbocycles. The van der Waals surface area contributed by atoms with Gasteiger partial charge < -0.3 is 20.5 Å². The van der Waals surface area contributed by atoms with E-state index in [4.69, 9.17) is 4.74 Å². The first-order chi connectivity index (χ1) is 9.26. The summed E-state index contributed by atoms with van der Waals surface area (Å²) in [6.45, 7) is 1.44. The van der Waals surface area contributed by atoms with Gasteiger partial charge in [-0.3, -0.25) is 0 Å². The van der Waals surface area contributed by atoms with Crippen molar-refractivity contribution < 1.29 is 9.84 Å². The number of nitrogens with one attached hydrogen (secondary N) is 2. The van der Waals surface area contributed by atoms with Crippen LogP contribution in [-0.2, 0) is 13.1 Å². The number of ether oxygens (including phenoxy) is 1. The molecular formula is C13H14N4O2. The number of fused-ring (bicyclic) bond motifs is 1. The van der Waals surface area contributed by atoms with Gasteiger partial charge in [0.1, 0.15) is 5.75 Å². The van der Waals surface area contributed by atoms with Crippen molar-refractivity contribution in [3.8, 4) is 11.6 Å². The Labute approximate surface area is 110 Å². The maximum absolute atomic E-state index is 9.43. The van der Waals surface area contributed by atoms with Gasteiger partial charge in [0.05, 0.1) is 18.4 Å². The average molecular weight is 258 g/mol. The maximum Gasteiger partial charge on any atom is 0.230 e. The lowest BCUT2D eigenvalue weighted by Gasteiger charge is -2.09. The predicted molar refractivity (Wildman–Crippen MR) is 70.5 cm³/mol. The number of phenolic OH excluding ortho intramolecular Hbond substituents is 1. The summed E-state index contributed by atoms with van der Waals surface area (Å²) in [6, 6.07) is 6.81. The van der Waals surface area contributed by atoms with Crippen molar-refractivity contribution in [2.75, 3.05) is 12.4 Å². The number of rotatable bonds is 3. The standard InChI is InChI=1S/C13H14N4O2/c1-19-12-10-6-14-7-11(10)16-13(17-12)15-8-3-2-4-9(18)5-8/h2-5,14,18H,6-7H2,1H3,(H,15,16,17). The van der Waals surface area contributed by atoms with E-state index in [0.29, 0.717) is 18.4 Å². The second-order valence-corrected chi connectivity index (χ2v) is 4.26. The molecule has 1 aromatic heterocycles. The van der Waals surface area contributed by atoms with Crippen molar-refractivity contribution >= 4 is 11.6 Å². The molecule has 6 nitrogen and oxygen atoms in total. The predicted octanol–water partition coefficient (Wildman–Crippen LogP) is 1.54. The Kier molecular flexibility index (Phi) is 2.92. The quantitative estimate of drug-likeness (QED) is 0.775. The van der Waals surface area contributed by atoms with Crippen molar-refractivity contribution in [2.24, 2.45) is 0 Å². The molecule has 0 aliphatic carbocycles. The van der Waals surface area contributed by atoms with Crippen molar-refractivity contribution in [1.29, 1.82) is 0 Å². The number of anilines is 2. The van der Waals surface area contributed by atoms with Crippen LogP contribution in [0.1, 0.15) is 11.3 Å². The van der Waals surface area contributed by atoms with Crippen molar-refractivity contribution in [2.45, 2.75) is 13.1 Å². The van der Waals surface area contributed by atoms with E-state index in [9.17, 15) is 5.11 Å². The molecule has 2 aromatic rings. The molecule has 0 amide bonds. The van der Waals surface area contributed by atoms with Crippen LogP contribution in [0.3, 0.4) is 0 Å². The van der Waals surface area contributed by atoms with Crippen molar-refractivity contribution in [3.05, 3.63) is 35.5 Å². The van der Waals surface area contributed by atoms with Crippen LogP contribution >= 0.6 is 0 Å². The molecule has 1 aromatic carbocycles. The Balaban J connectivity index is 1.93. The van der Waals surface area contributed by atoms with Crippen LogP contribution < -0.4 is 15.4 Å². The third-order valence-corrected chi connectivity index (χ3v) is 2.94. The lowest BCUT2D eigenvalue weighted by Crippen LogP contribution is -2.03. The molecule has 3 N–H and O–H groups in total. The number of hydrogen-bond acceptors (Lipinski definition) is 6. The molecule has 0 unspecified atom stereocenters. The van der Waals surface area contributed by atoms with Crippen molar-refractivity contribution in [1.82, 2.24) is 15.3 Å². The normalized spacial score (nSPS) is 13.1. The van der Waals surface area contributed by atoms with Crippen LogP contribution in [0.2, 0.25) is 0 Å². The van der Waals surface area contributed by atoms with E-state index in [-0.39, 0.29) is 5.75 Å². The van der Waals surface area contributed by atoms with Gasteiger partial charge in [0.15, 0.2) is 0 Å². The van der Waals surface area contributed by atoms with Gasteiger partial charge >= 0.3 is 0 Å². The van der Waals surface area contributed by atoms with E-state index < -0.39 is 0 Å². The number of benzene rings is 1. The van der Waals surface area contributed by atoms with Crippen LogP contribution in [0, 0.1) is 0 Å². The molecule has 1 aliphatic rings. The van der Waals surface area contributed by atoms with Gasteiger partial charge in [-0.15, -0.1) is 0 Å². The summed E-state index contributed by atoms with van der Waals surface area (Å²) in [7, 11) is 1.60. The molecule has 19 heavy (non-hydrogen) atoms. The Morgan fingerprint density at radius 2 is 2.21 bits per heavy atom. The van der Waals surface area contributed by atoms with E-state index in [1.807, 2.05) is 6.07 Å². The van der Waals surface area contributed by atoms with E-state index >= 15 is 0 Å². The summed E-state index contributed by atoms with van der Waals surface area (Å²) in [4.78, 5) is 8.76. The van der Waals surface area contributed by atoms with Crippen LogP contribution in [0.15, 0.2) is 24.3 Å². The monoisotopic (exact) mass is 258 g/mol. The Bertz CT molecular complexity index is 616. The minimum absolute atomic E-state index is 0.194. The first-order valence-electron chi connectivity index (χ1n) is 5.97. The Morgan fingerprint density at radius 1 is 1.32 bits per heavy atom. The maximum atomic E-state index is 9.43. The second kappa shape index (κ2) is 4.74. The zero-order valence-corrected chi connectivity index (χ0v) is 10.5. The molecule has 0 fully saturated rings. The molecule has 0 spiro atoms. The number of hydrogen-bond donors (Lipinski definition) is 3. The number of aromatic nitrogens is 2. The van der Waals surface area contributed by atoms with Gasteiger partial charge in [0.2, 0.25) is 11.8 Å². The fourth-order valence-corrected chi connectivity index (χ4v) is 2.07. The molecule has 0 bridgehead atoms. The molecule has 2 heterocycles. The van der Waals surface area contributed by atoms with Crippen LogP contribution in [-0.4, -0.2) is 22.2 Å². The first kappa shape index (κ1) is 11.7. The lowest BCUT2D eigenvalue weighted by molar-refractivity contribution is 0.392. The third kappa shape index (κ3) is 2.30. The summed E-state index contributed by atoms with van der Waals surface area (Å²) in [6.07, 6.45) is 0. The average Bonchev–Trinajstić information content (AvgIpc) is 2.86. The largest absolute Gasteiger partial charge is 0.508 e. The number of methoxy groups -OCH3 is 1. The van der Waals surface area contributed by atoms with Gasteiger partial charge in [0, 0.05) is 24.8 Å². The highest BCUT2D eigenvalue weighted by atomic mass is 16.5. The summed E-state index contributed by atoms with van der Waals surface area (Å²) >= 11 is 0. The zero-order chi connectivity index (χ0) is 13.2. The summed E-state index contributed by atoms with van der Waals surface area (Å²) < 4.78 is 5.28. The Morgan fingerprint density at radius 3 is 3.00 bits per heavy atom. The fraction of sp³-hybridized carbons (Fsp3) is 0.231. The molecule has 98 valence electrons. The highest BCUT2D eigenvalue weighted by Crippen LogP contribution is 2.26.